The molecule has 0 aromatic carbocycles. The van der Waals surface area contributed by atoms with Crippen molar-refractivity contribution in [3.63, 3.8) is 0 Å². The van der Waals surface area contributed by atoms with Crippen LogP contribution in [0.25, 0.3) is 0 Å². The number of hydrogen-bond donors (Lipinski definition) is 2. The van der Waals surface area contributed by atoms with Crippen LogP contribution in [0.15, 0.2) is 130 Å². The van der Waals surface area contributed by atoms with E-state index in [-0.39, 0.29) is 24.2 Å². The summed E-state index contributed by atoms with van der Waals surface area (Å²) >= 11 is 0. The minimum absolute atomic E-state index is 0.0500. The van der Waals surface area contributed by atoms with Crippen molar-refractivity contribution < 1.29 is 14.6 Å². The van der Waals surface area contributed by atoms with E-state index >= 15 is 0 Å². The first-order valence-corrected chi connectivity index (χ1v) is 17.1. The Morgan fingerprint density at radius 3 is 2.43 bits per heavy atom. The number of aliphatic hydroxyl groups is 1. The van der Waals surface area contributed by atoms with Crippen LogP contribution < -0.4 is 5.32 Å². The van der Waals surface area contributed by atoms with Gasteiger partial charge in [-0.25, -0.2) is 20.0 Å². The number of aromatic nitrogens is 1. The maximum atomic E-state index is 12.5. The third kappa shape index (κ3) is 5.38. The highest BCUT2D eigenvalue weighted by atomic mass is 16.5. The molecule has 8 nitrogen and oxygen atoms in total. The van der Waals surface area contributed by atoms with Crippen LogP contribution in [0, 0.1) is 23.7 Å². The third-order valence-electron chi connectivity index (χ3n) is 10.5. The summed E-state index contributed by atoms with van der Waals surface area (Å²) in [5.74, 6) is 6.74. The zero-order chi connectivity index (χ0) is 34.6. The molecule has 0 spiro atoms. The van der Waals surface area contributed by atoms with Crippen molar-refractivity contribution in [1.82, 2.24) is 10.3 Å². The second-order valence-electron chi connectivity index (χ2n) is 13.2. The minimum atomic E-state index is -0.257. The van der Waals surface area contributed by atoms with Gasteiger partial charge in [0.25, 0.3) is 0 Å². The molecule has 6 aliphatic rings. The molecule has 0 amide bonds. The first-order chi connectivity index (χ1) is 23.6. The predicted molar refractivity (Wildman–Crippen MR) is 194 cm³/mol. The molecule has 0 saturated carbocycles. The number of carbonyl (C=O) groups excluding carboxylic acids is 1. The summed E-state index contributed by atoms with van der Waals surface area (Å²) in [7, 11) is 1.42. The molecule has 0 unspecified atom stereocenters. The number of rotatable bonds is 5. The third-order valence-corrected chi connectivity index (χ3v) is 10.5. The van der Waals surface area contributed by atoms with Gasteiger partial charge in [0.15, 0.2) is 0 Å². The van der Waals surface area contributed by atoms with E-state index in [9.17, 15) is 9.90 Å². The molecule has 1 aliphatic carbocycles. The van der Waals surface area contributed by atoms with Crippen LogP contribution in [0.3, 0.4) is 0 Å². The second kappa shape index (κ2) is 12.6. The zero-order valence-electron chi connectivity index (χ0n) is 29.2. The Balaban J connectivity index is 1.53. The van der Waals surface area contributed by atoms with Crippen molar-refractivity contribution in [1.29, 1.82) is 0 Å². The lowest BCUT2D eigenvalue weighted by Crippen LogP contribution is -2.16. The van der Waals surface area contributed by atoms with Crippen molar-refractivity contribution in [2.24, 2.45) is 26.8 Å². The molecule has 49 heavy (non-hydrogen) atoms. The van der Waals surface area contributed by atoms with E-state index in [1.165, 1.54) is 12.7 Å². The van der Waals surface area contributed by atoms with Crippen LogP contribution in [-0.2, 0) is 9.53 Å². The molecular weight excluding hydrogens is 610 g/mol. The average Bonchev–Trinajstić information content (AvgIpc) is 3.86. The van der Waals surface area contributed by atoms with E-state index < -0.39 is 0 Å². The van der Waals surface area contributed by atoms with Crippen molar-refractivity contribution >= 4 is 23.1 Å². The number of esters is 1. The molecule has 1 aromatic rings. The molecule has 6 heterocycles. The first-order valence-electron chi connectivity index (χ1n) is 17.1. The Hall–Kier alpha value is -5.29. The smallest absolute Gasteiger partial charge is 0.305 e. The second-order valence-corrected chi connectivity index (χ2v) is 13.2. The maximum absolute atomic E-state index is 12.5. The Bertz CT molecular complexity index is 2130. The number of carbonyl (C=O) groups is 1. The average molecular weight is 652 g/mol. The summed E-state index contributed by atoms with van der Waals surface area (Å²) in [4.78, 5) is 32.6. The fraction of sp³-hybridized carbons (Fsp3) is 0.341. The van der Waals surface area contributed by atoms with E-state index in [1.807, 2.05) is 25.1 Å². The minimum Gasteiger partial charge on any atom is -0.511 e. The van der Waals surface area contributed by atoms with Gasteiger partial charge < -0.3 is 15.2 Å². The standard InChI is InChI=1S/C41H41N5O3/c1-8-26-21(3)31-19-34-27(9-2)22(4)38(45-34)29(14-13-25-12-10-11-17-42-25)39-23(5)28(15-16-36(48)49-7)40(46-39)30-18-35(47)37-24(6)32(44-41(30)37)20-33(26)43-31/h10-12,17,19-20,23,28,46-47H,8-9,15-16,18H2,1-7H3/t23-,28-/m0/s1. The highest BCUT2D eigenvalue weighted by Gasteiger charge is 2.42. The van der Waals surface area contributed by atoms with Crippen molar-refractivity contribution in [2.45, 2.75) is 73.6 Å². The zero-order valence-corrected chi connectivity index (χ0v) is 29.2. The monoisotopic (exact) mass is 651 g/mol. The van der Waals surface area contributed by atoms with E-state index in [4.69, 9.17) is 19.7 Å². The molecule has 5 aliphatic heterocycles. The maximum Gasteiger partial charge on any atom is 0.305 e. The van der Waals surface area contributed by atoms with Crippen LogP contribution >= 0.6 is 0 Å². The molecule has 7 rings (SSSR count). The van der Waals surface area contributed by atoms with Crippen LogP contribution in [0.2, 0.25) is 0 Å². The number of aliphatic hydroxyl groups excluding tert-OH is 1. The summed E-state index contributed by atoms with van der Waals surface area (Å²) in [6, 6.07) is 5.71. The first kappa shape index (κ1) is 32.3. The lowest BCUT2D eigenvalue weighted by atomic mass is 9.84. The molecule has 2 N–H and O–H groups in total. The molecule has 1 aromatic heterocycles. The summed E-state index contributed by atoms with van der Waals surface area (Å²) in [5, 5.41) is 15.2. The fourth-order valence-corrected chi connectivity index (χ4v) is 7.83. The number of aliphatic imine (C=N–C) groups is 3. The number of pyridine rings is 1. The highest BCUT2D eigenvalue weighted by Crippen LogP contribution is 2.47. The van der Waals surface area contributed by atoms with Crippen molar-refractivity contribution in [2.75, 3.05) is 7.11 Å². The molecule has 8 bridgehead atoms. The van der Waals surface area contributed by atoms with Gasteiger partial charge in [0.05, 0.1) is 46.9 Å². The number of nitrogens with zero attached hydrogens (tertiary/aromatic N) is 4. The van der Waals surface area contributed by atoms with E-state index in [2.05, 4.69) is 68.9 Å². The topological polar surface area (TPSA) is 109 Å². The van der Waals surface area contributed by atoms with Crippen LogP contribution in [-0.4, -0.2) is 40.3 Å². The predicted octanol–water partition coefficient (Wildman–Crippen LogP) is 7.84. The Labute approximate surface area is 288 Å². The van der Waals surface area contributed by atoms with Gasteiger partial charge in [-0.2, -0.15) is 0 Å². The largest absolute Gasteiger partial charge is 0.511 e. The van der Waals surface area contributed by atoms with Gasteiger partial charge in [0.2, 0.25) is 0 Å². The fourth-order valence-electron chi connectivity index (χ4n) is 7.83. The summed E-state index contributed by atoms with van der Waals surface area (Å²) in [6.07, 6.45) is 8.72. The van der Waals surface area contributed by atoms with Gasteiger partial charge in [-0.05, 0) is 98.1 Å². The van der Waals surface area contributed by atoms with Gasteiger partial charge in [0.1, 0.15) is 11.5 Å². The molecule has 248 valence electrons. The van der Waals surface area contributed by atoms with E-state index in [1.54, 1.807) is 6.20 Å². The van der Waals surface area contributed by atoms with E-state index in [0.29, 0.717) is 24.3 Å². The van der Waals surface area contributed by atoms with Gasteiger partial charge in [-0.3, -0.25) is 4.79 Å². The van der Waals surface area contributed by atoms with Crippen molar-refractivity contribution in [3.05, 3.63) is 121 Å². The molecule has 1 fully saturated rings. The number of hydrogen-bond acceptors (Lipinski definition) is 8. The molecule has 1 saturated heterocycles. The molecule has 0 radical (unpaired) electrons. The number of ether oxygens (including phenoxy) is 1. The summed E-state index contributed by atoms with van der Waals surface area (Å²) in [6.45, 7) is 12.8. The molecular formula is C41H41N5O3. The number of methoxy groups -OCH3 is 1. The summed E-state index contributed by atoms with van der Waals surface area (Å²) in [5.41, 5.74) is 15.6. The van der Waals surface area contributed by atoms with Crippen LogP contribution in [0.4, 0.5) is 0 Å². The lowest BCUT2D eigenvalue weighted by Gasteiger charge is -2.17. The van der Waals surface area contributed by atoms with Gasteiger partial charge >= 0.3 is 5.97 Å². The van der Waals surface area contributed by atoms with Gasteiger partial charge in [-0.15, -0.1) is 0 Å². The molecule has 2 atom stereocenters. The Morgan fingerprint density at radius 2 is 1.71 bits per heavy atom. The Morgan fingerprint density at radius 1 is 0.959 bits per heavy atom. The van der Waals surface area contributed by atoms with Crippen molar-refractivity contribution in [3.8, 4) is 11.8 Å². The molecule has 8 heteroatoms. The Kier molecular flexibility index (Phi) is 8.32. The SMILES string of the molecule is CCC1=C(C)C2=NC1=CC1=C(C)C3=C(O)CC(=C4NC(=C(C#Cc5ccccn5)C5=NC(=C2)C(CC)=C5C)[C@@H](C)[C@@H]4CCC(=O)OC)C3=N1. The number of allylic oxidation sites excluding steroid dienone is 12. The number of nitrogens with one attached hydrogen (secondary N) is 1. The number of fused-ring (bicyclic) bond motifs is 5. The van der Waals surface area contributed by atoms with E-state index in [0.717, 1.165) is 97.5 Å². The normalized spacial score (nSPS) is 22.7. The van der Waals surface area contributed by atoms with Crippen LogP contribution in [0.5, 0.6) is 0 Å². The summed E-state index contributed by atoms with van der Waals surface area (Å²) < 4.78 is 5.06. The highest BCUT2D eigenvalue weighted by molar-refractivity contribution is 6.22. The van der Waals surface area contributed by atoms with Crippen LogP contribution in [0.1, 0.15) is 79.3 Å². The quantitative estimate of drug-likeness (QED) is 0.249. The van der Waals surface area contributed by atoms with Gasteiger partial charge in [-0.1, -0.05) is 32.8 Å². The van der Waals surface area contributed by atoms with Gasteiger partial charge in [0, 0.05) is 53.4 Å². The lowest BCUT2D eigenvalue weighted by molar-refractivity contribution is -0.140.